The molecule has 19 heavy (non-hydrogen) atoms. The summed E-state index contributed by atoms with van der Waals surface area (Å²) < 4.78 is 11.1. The van der Waals surface area contributed by atoms with Gasteiger partial charge in [0.2, 0.25) is 5.91 Å². The van der Waals surface area contributed by atoms with Crippen LogP contribution in [-0.2, 0) is 11.2 Å². The molecular formula is C15H23NO3. The molecule has 0 heterocycles. The van der Waals surface area contributed by atoms with Gasteiger partial charge >= 0.3 is 0 Å². The lowest BCUT2D eigenvalue weighted by Gasteiger charge is -2.13. The van der Waals surface area contributed by atoms with Gasteiger partial charge in [-0.2, -0.15) is 0 Å². The maximum Gasteiger partial charge on any atom is 0.222 e. The van der Waals surface area contributed by atoms with Crippen LogP contribution in [0.2, 0.25) is 0 Å². The second-order valence-corrected chi connectivity index (χ2v) is 4.44. The molecule has 1 aromatic carbocycles. The summed E-state index contributed by atoms with van der Waals surface area (Å²) >= 11 is 0. The number of rotatable bonds is 7. The summed E-state index contributed by atoms with van der Waals surface area (Å²) in [6.07, 6.45) is 1.22. The van der Waals surface area contributed by atoms with Gasteiger partial charge in [-0.25, -0.2) is 0 Å². The number of hydrogen-bond acceptors (Lipinski definition) is 3. The molecule has 0 N–H and O–H groups in total. The van der Waals surface area contributed by atoms with Gasteiger partial charge in [-0.1, -0.05) is 6.07 Å². The minimum atomic E-state index is 0.131. The highest BCUT2D eigenvalue weighted by atomic mass is 16.5. The van der Waals surface area contributed by atoms with Gasteiger partial charge in [0, 0.05) is 20.5 Å². The van der Waals surface area contributed by atoms with E-state index in [4.69, 9.17) is 9.47 Å². The summed E-state index contributed by atoms with van der Waals surface area (Å²) in [5, 5.41) is 0. The number of amides is 1. The SMILES string of the molecule is CCOc1ccc(CCC(=O)N(C)C)cc1OCC. The van der Waals surface area contributed by atoms with Crippen LogP contribution in [0.5, 0.6) is 11.5 Å². The second-order valence-electron chi connectivity index (χ2n) is 4.44. The molecule has 0 aromatic heterocycles. The van der Waals surface area contributed by atoms with Crippen molar-refractivity contribution in [2.75, 3.05) is 27.3 Å². The summed E-state index contributed by atoms with van der Waals surface area (Å²) in [6.45, 7) is 5.09. The van der Waals surface area contributed by atoms with Gasteiger partial charge in [0.15, 0.2) is 11.5 Å². The summed E-state index contributed by atoms with van der Waals surface area (Å²) in [5.74, 6) is 1.64. The van der Waals surface area contributed by atoms with Gasteiger partial charge in [-0.05, 0) is 38.0 Å². The molecule has 0 unspecified atom stereocenters. The maximum absolute atomic E-state index is 11.6. The molecule has 0 saturated carbocycles. The molecule has 0 atom stereocenters. The molecule has 4 heteroatoms. The number of carbonyl (C=O) groups is 1. The topological polar surface area (TPSA) is 38.8 Å². The standard InChI is InChI=1S/C15H23NO3/c1-5-18-13-9-7-12(11-14(13)19-6-2)8-10-15(17)16(3)4/h7,9,11H,5-6,8,10H2,1-4H3. The lowest BCUT2D eigenvalue weighted by molar-refractivity contribution is -0.128. The zero-order valence-corrected chi connectivity index (χ0v) is 12.2. The molecule has 0 saturated heterocycles. The van der Waals surface area contributed by atoms with Gasteiger partial charge < -0.3 is 14.4 Å². The molecule has 0 fully saturated rings. The summed E-state index contributed by atoms with van der Waals surface area (Å²) in [4.78, 5) is 13.2. The summed E-state index contributed by atoms with van der Waals surface area (Å²) in [6, 6.07) is 5.85. The predicted molar refractivity (Wildman–Crippen MR) is 75.8 cm³/mol. The lowest BCUT2D eigenvalue weighted by atomic mass is 10.1. The Morgan fingerprint density at radius 2 is 1.74 bits per heavy atom. The van der Waals surface area contributed by atoms with Crippen molar-refractivity contribution in [2.24, 2.45) is 0 Å². The van der Waals surface area contributed by atoms with Crippen LogP contribution in [0, 0.1) is 0 Å². The van der Waals surface area contributed by atoms with E-state index in [1.165, 1.54) is 0 Å². The molecular weight excluding hydrogens is 242 g/mol. The minimum Gasteiger partial charge on any atom is -0.490 e. The molecule has 1 rings (SSSR count). The number of aryl methyl sites for hydroxylation is 1. The fourth-order valence-corrected chi connectivity index (χ4v) is 1.73. The molecule has 1 aromatic rings. The Morgan fingerprint density at radius 1 is 1.11 bits per heavy atom. The second kappa shape index (κ2) is 7.67. The van der Waals surface area contributed by atoms with Crippen LogP contribution >= 0.6 is 0 Å². The number of benzene rings is 1. The number of carbonyl (C=O) groups excluding carboxylic acids is 1. The van der Waals surface area contributed by atoms with E-state index in [1.54, 1.807) is 19.0 Å². The van der Waals surface area contributed by atoms with Crippen LogP contribution in [0.25, 0.3) is 0 Å². The third-order valence-corrected chi connectivity index (χ3v) is 2.73. The van der Waals surface area contributed by atoms with E-state index in [0.29, 0.717) is 26.1 Å². The van der Waals surface area contributed by atoms with Crippen molar-refractivity contribution in [3.63, 3.8) is 0 Å². The lowest BCUT2D eigenvalue weighted by Crippen LogP contribution is -2.21. The van der Waals surface area contributed by atoms with E-state index in [1.807, 2.05) is 32.0 Å². The van der Waals surface area contributed by atoms with Gasteiger partial charge in [-0.3, -0.25) is 4.79 Å². The van der Waals surface area contributed by atoms with Crippen molar-refractivity contribution in [3.8, 4) is 11.5 Å². The summed E-state index contributed by atoms with van der Waals surface area (Å²) in [5.41, 5.74) is 1.09. The normalized spacial score (nSPS) is 10.1. The Bertz CT molecular complexity index is 416. The van der Waals surface area contributed by atoms with Crippen LogP contribution in [0.3, 0.4) is 0 Å². The van der Waals surface area contributed by atoms with Gasteiger partial charge in [-0.15, -0.1) is 0 Å². The zero-order chi connectivity index (χ0) is 14.3. The quantitative estimate of drug-likeness (QED) is 0.760. The predicted octanol–water partition coefficient (Wildman–Crippen LogP) is 2.50. The highest BCUT2D eigenvalue weighted by Gasteiger charge is 2.08. The Hall–Kier alpha value is -1.71. The van der Waals surface area contributed by atoms with Crippen molar-refractivity contribution in [2.45, 2.75) is 26.7 Å². The first kappa shape index (κ1) is 15.3. The van der Waals surface area contributed by atoms with Crippen molar-refractivity contribution in [1.29, 1.82) is 0 Å². The van der Waals surface area contributed by atoms with Gasteiger partial charge in [0.1, 0.15) is 0 Å². The third kappa shape index (κ3) is 4.81. The molecule has 4 nitrogen and oxygen atoms in total. The van der Waals surface area contributed by atoms with Crippen LogP contribution in [0.4, 0.5) is 0 Å². The van der Waals surface area contributed by atoms with Crippen molar-refractivity contribution in [3.05, 3.63) is 23.8 Å². The fraction of sp³-hybridized carbons (Fsp3) is 0.533. The van der Waals surface area contributed by atoms with Crippen LogP contribution in [0.15, 0.2) is 18.2 Å². The van der Waals surface area contributed by atoms with E-state index in [0.717, 1.165) is 17.1 Å². The first-order valence-corrected chi connectivity index (χ1v) is 6.67. The minimum absolute atomic E-state index is 0.131. The van der Waals surface area contributed by atoms with Crippen molar-refractivity contribution in [1.82, 2.24) is 4.90 Å². The van der Waals surface area contributed by atoms with E-state index in [-0.39, 0.29) is 5.91 Å². The van der Waals surface area contributed by atoms with Crippen molar-refractivity contribution < 1.29 is 14.3 Å². The monoisotopic (exact) mass is 265 g/mol. The first-order chi connectivity index (χ1) is 9.08. The summed E-state index contributed by atoms with van der Waals surface area (Å²) in [7, 11) is 3.54. The highest BCUT2D eigenvalue weighted by Crippen LogP contribution is 2.29. The van der Waals surface area contributed by atoms with E-state index in [2.05, 4.69) is 0 Å². The van der Waals surface area contributed by atoms with E-state index >= 15 is 0 Å². The average molecular weight is 265 g/mol. The molecule has 0 bridgehead atoms. The van der Waals surface area contributed by atoms with Crippen LogP contribution in [-0.4, -0.2) is 38.1 Å². The highest BCUT2D eigenvalue weighted by molar-refractivity contribution is 5.75. The van der Waals surface area contributed by atoms with E-state index in [9.17, 15) is 4.79 Å². The Labute approximate surface area is 115 Å². The first-order valence-electron chi connectivity index (χ1n) is 6.67. The largest absolute Gasteiger partial charge is 0.490 e. The molecule has 106 valence electrons. The number of nitrogens with zero attached hydrogens (tertiary/aromatic N) is 1. The Kier molecular flexibility index (Phi) is 6.19. The molecule has 0 radical (unpaired) electrons. The Morgan fingerprint density at radius 3 is 2.32 bits per heavy atom. The van der Waals surface area contributed by atoms with Crippen molar-refractivity contribution >= 4 is 5.91 Å². The molecule has 1 amide bonds. The molecule has 0 aliphatic heterocycles. The van der Waals surface area contributed by atoms with Crippen LogP contribution < -0.4 is 9.47 Å². The third-order valence-electron chi connectivity index (χ3n) is 2.73. The smallest absolute Gasteiger partial charge is 0.222 e. The molecule has 0 aliphatic carbocycles. The molecule has 0 spiro atoms. The fourth-order valence-electron chi connectivity index (χ4n) is 1.73. The number of ether oxygens (including phenoxy) is 2. The maximum atomic E-state index is 11.6. The van der Waals surface area contributed by atoms with Gasteiger partial charge in [0.25, 0.3) is 0 Å². The van der Waals surface area contributed by atoms with Gasteiger partial charge in [0.05, 0.1) is 13.2 Å². The zero-order valence-electron chi connectivity index (χ0n) is 12.2. The Balaban J connectivity index is 2.74. The number of hydrogen-bond donors (Lipinski definition) is 0. The molecule has 0 aliphatic rings. The average Bonchev–Trinajstić information content (AvgIpc) is 2.39. The van der Waals surface area contributed by atoms with E-state index < -0.39 is 0 Å². The van der Waals surface area contributed by atoms with Crippen LogP contribution in [0.1, 0.15) is 25.8 Å².